The van der Waals surface area contributed by atoms with Gasteiger partial charge in [0.2, 0.25) is 5.91 Å². The Morgan fingerprint density at radius 1 is 1.27 bits per heavy atom. The number of benzene rings is 1. The second-order valence-corrected chi connectivity index (χ2v) is 7.44. The molecule has 2 heterocycles. The van der Waals surface area contributed by atoms with Gasteiger partial charge in [-0.25, -0.2) is 4.79 Å². The molecule has 1 aromatic carbocycles. The molecule has 30 heavy (non-hydrogen) atoms. The van der Waals surface area contributed by atoms with Gasteiger partial charge >= 0.3 is 6.09 Å². The van der Waals surface area contributed by atoms with Crippen LogP contribution in [0.3, 0.4) is 0 Å². The summed E-state index contributed by atoms with van der Waals surface area (Å²) < 4.78 is 10.5. The average molecular weight is 417 g/mol. The fourth-order valence-corrected chi connectivity index (χ4v) is 3.67. The summed E-state index contributed by atoms with van der Waals surface area (Å²) >= 11 is 0. The molecule has 2 aliphatic rings. The smallest absolute Gasteiger partial charge is 0.409 e. The number of Topliss-reactive ketones (excluding diaryl/α,β-unsaturated/α-hetero) is 1. The van der Waals surface area contributed by atoms with Crippen LogP contribution in [0.15, 0.2) is 18.2 Å². The van der Waals surface area contributed by atoms with Gasteiger partial charge in [-0.15, -0.1) is 0 Å². The topological polar surface area (TPSA) is 105 Å². The summed E-state index contributed by atoms with van der Waals surface area (Å²) in [6, 6.07) is 3.99. The number of hydrogen-bond acceptors (Lipinski definition) is 6. The molecule has 1 N–H and O–H groups in total. The molecule has 0 aromatic heterocycles. The number of carbonyl (C=O) groups excluding carboxylic acids is 4. The van der Waals surface area contributed by atoms with Crippen molar-refractivity contribution in [3.05, 3.63) is 23.8 Å². The molecule has 9 heteroatoms. The molecular formula is C21H27N3O6. The van der Waals surface area contributed by atoms with Crippen LogP contribution in [0.2, 0.25) is 0 Å². The van der Waals surface area contributed by atoms with E-state index in [1.54, 1.807) is 36.9 Å². The van der Waals surface area contributed by atoms with Gasteiger partial charge in [0.05, 0.1) is 12.3 Å². The zero-order chi connectivity index (χ0) is 21.8. The lowest BCUT2D eigenvalue weighted by atomic mass is 10.0. The van der Waals surface area contributed by atoms with Crippen LogP contribution >= 0.6 is 0 Å². The number of carbonyl (C=O) groups is 4. The first-order valence-electron chi connectivity index (χ1n) is 10.1. The number of anilines is 1. The fraction of sp³-hybridized carbons (Fsp3) is 0.524. The van der Waals surface area contributed by atoms with Gasteiger partial charge in [-0.2, -0.15) is 0 Å². The normalized spacial score (nSPS) is 17.6. The predicted octanol–water partition coefficient (Wildman–Crippen LogP) is 1.74. The Balaban J connectivity index is 1.67. The van der Waals surface area contributed by atoms with Crippen molar-refractivity contribution in [1.82, 2.24) is 10.2 Å². The van der Waals surface area contributed by atoms with Gasteiger partial charge in [0, 0.05) is 24.7 Å². The van der Waals surface area contributed by atoms with Crippen LogP contribution in [0.25, 0.3) is 0 Å². The molecule has 1 fully saturated rings. The summed E-state index contributed by atoms with van der Waals surface area (Å²) in [6.07, 6.45) is 0.881. The third kappa shape index (κ3) is 4.55. The molecule has 0 aliphatic carbocycles. The molecule has 1 unspecified atom stereocenters. The van der Waals surface area contributed by atoms with Crippen LogP contribution in [0, 0.1) is 0 Å². The van der Waals surface area contributed by atoms with E-state index in [1.807, 2.05) is 0 Å². The second kappa shape index (κ2) is 9.15. The Labute approximate surface area is 175 Å². The monoisotopic (exact) mass is 417 g/mol. The number of likely N-dealkylation sites (tertiary alicyclic amines) is 1. The third-order valence-electron chi connectivity index (χ3n) is 5.38. The van der Waals surface area contributed by atoms with Crippen LogP contribution in [0.1, 0.15) is 44.0 Å². The Bertz CT molecular complexity index is 847. The standard InChI is InChI=1S/C21H27N3O6/c1-4-29-21(28)23-9-7-16(8-10-23)22-20(27)13(2)24-17-11-15(14(3)25)5-6-18(17)30-12-19(24)26/h5-6,11,13,16H,4,7-10,12H2,1-3H3,(H,22,27). The van der Waals surface area contributed by atoms with E-state index >= 15 is 0 Å². The zero-order valence-electron chi connectivity index (χ0n) is 17.5. The summed E-state index contributed by atoms with van der Waals surface area (Å²) in [7, 11) is 0. The van der Waals surface area contributed by atoms with Crippen LogP contribution < -0.4 is 15.0 Å². The van der Waals surface area contributed by atoms with Crippen LogP contribution in [-0.2, 0) is 14.3 Å². The first-order valence-corrected chi connectivity index (χ1v) is 10.1. The minimum absolute atomic E-state index is 0.0928. The molecule has 0 bridgehead atoms. The number of piperidine rings is 1. The lowest BCUT2D eigenvalue weighted by molar-refractivity contribution is -0.128. The van der Waals surface area contributed by atoms with E-state index in [4.69, 9.17) is 9.47 Å². The van der Waals surface area contributed by atoms with E-state index in [0.717, 1.165) is 0 Å². The number of ketones is 1. The lowest BCUT2D eigenvalue weighted by Gasteiger charge is -2.36. The van der Waals surface area contributed by atoms with Crippen LogP contribution in [0.5, 0.6) is 5.75 Å². The van der Waals surface area contributed by atoms with E-state index in [-0.39, 0.29) is 36.3 Å². The zero-order valence-corrected chi connectivity index (χ0v) is 17.5. The van der Waals surface area contributed by atoms with Gasteiger partial charge < -0.3 is 19.7 Å². The molecule has 1 atom stereocenters. The summed E-state index contributed by atoms with van der Waals surface area (Å²) in [5.41, 5.74) is 0.856. The van der Waals surface area contributed by atoms with E-state index in [0.29, 0.717) is 49.5 Å². The van der Waals surface area contributed by atoms with Gasteiger partial charge in [-0.05, 0) is 51.8 Å². The molecule has 3 amide bonds. The van der Waals surface area contributed by atoms with Gasteiger partial charge in [0.15, 0.2) is 12.4 Å². The highest BCUT2D eigenvalue weighted by Gasteiger charge is 2.35. The van der Waals surface area contributed by atoms with Crippen molar-refractivity contribution < 1.29 is 28.7 Å². The molecule has 0 saturated carbocycles. The number of nitrogens with one attached hydrogen (secondary N) is 1. The highest BCUT2D eigenvalue weighted by Crippen LogP contribution is 2.34. The molecule has 3 rings (SSSR count). The SMILES string of the molecule is CCOC(=O)N1CCC(NC(=O)C(C)N2C(=O)COc3ccc(C(C)=O)cc32)CC1. The Morgan fingerprint density at radius 3 is 2.60 bits per heavy atom. The van der Waals surface area contributed by atoms with Gasteiger partial charge in [-0.3, -0.25) is 19.3 Å². The Hall–Kier alpha value is -3.10. The second-order valence-electron chi connectivity index (χ2n) is 7.44. The first-order chi connectivity index (χ1) is 14.3. The van der Waals surface area contributed by atoms with E-state index in [9.17, 15) is 19.2 Å². The molecule has 9 nitrogen and oxygen atoms in total. The maximum absolute atomic E-state index is 12.9. The molecule has 1 saturated heterocycles. The minimum Gasteiger partial charge on any atom is -0.482 e. The highest BCUT2D eigenvalue weighted by atomic mass is 16.6. The van der Waals surface area contributed by atoms with Crippen molar-refractivity contribution in [2.45, 2.75) is 45.7 Å². The van der Waals surface area contributed by atoms with E-state index < -0.39 is 6.04 Å². The third-order valence-corrected chi connectivity index (χ3v) is 5.38. The number of hydrogen-bond donors (Lipinski definition) is 1. The van der Waals surface area contributed by atoms with Crippen molar-refractivity contribution >= 4 is 29.4 Å². The van der Waals surface area contributed by atoms with Crippen LogP contribution in [-0.4, -0.2) is 67.0 Å². The van der Waals surface area contributed by atoms with E-state index in [1.165, 1.54) is 11.8 Å². The maximum Gasteiger partial charge on any atom is 0.409 e. The van der Waals surface area contributed by atoms with Crippen molar-refractivity contribution in [3.63, 3.8) is 0 Å². The summed E-state index contributed by atoms with van der Waals surface area (Å²) in [5.74, 6) is -0.315. The molecule has 162 valence electrons. The predicted molar refractivity (Wildman–Crippen MR) is 109 cm³/mol. The van der Waals surface area contributed by atoms with Gasteiger partial charge in [0.1, 0.15) is 11.8 Å². The molecule has 1 aromatic rings. The van der Waals surface area contributed by atoms with Crippen molar-refractivity contribution in [3.8, 4) is 5.75 Å². The maximum atomic E-state index is 12.9. The fourth-order valence-electron chi connectivity index (χ4n) is 3.67. The largest absolute Gasteiger partial charge is 0.482 e. The Kier molecular flexibility index (Phi) is 6.59. The average Bonchev–Trinajstić information content (AvgIpc) is 2.73. The van der Waals surface area contributed by atoms with Crippen molar-refractivity contribution in [2.75, 3.05) is 31.2 Å². The summed E-state index contributed by atoms with van der Waals surface area (Å²) in [6.45, 7) is 6.01. The van der Waals surface area contributed by atoms with E-state index in [2.05, 4.69) is 5.32 Å². The highest BCUT2D eigenvalue weighted by molar-refractivity contribution is 6.05. The number of ether oxygens (including phenoxy) is 2. The molecule has 0 radical (unpaired) electrons. The number of nitrogens with zero attached hydrogens (tertiary/aromatic N) is 2. The molecule has 0 spiro atoms. The van der Waals surface area contributed by atoms with Gasteiger partial charge in [0.25, 0.3) is 5.91 Å². The molecule has 2 aliphatic heterocycles. The van der Waals surface area contributed by atoms with Crippen molar-refractivity contribution in [1.29, 1.82) is 0 Å². The minimum atomic E-state index is -0.773. The summed E-state index contributed by atoms with van der Waals surface area (Å²) in [4.78, 5) is 52.0. The van der Waals surface area contributed by atoms with Crippen molar-refractivity contribution in [2.24, 2.45) is 0 Å². The Morgan fingerprint density at radius 2 is 1.97 bits per heavy atom. The number of rotatable bonds is 5. The summed E-state index contributed by atoms with van der Waals surface area (Å²) in [5, 5.41) is 2.98. The van der Waals surface area contributed by atoms with Crippen LogP contribution in [0.4, 0.5) is 10.5 Å². The first kappa shape index (κ1) is 21.6. The lowest BCUT2D eigenvalue weighted by Crippen LogP contribution is -2.55. The molecular weight excluding hydrogens is 390 g/mol. The number of amides is 3. The quantitative estimate of drug-likeness (QED) is 0.732. The van der Waals surface area contributed by atoms with Gasteiger partial charge in [-0.1, -0.05) is 0 Å². The number of fused-ring (bicyclic) bond motifs is 1.